The van der Waals surface area contributed by atoms with E-state index in [4.69, 9.17) is 11.6 Å². The number of rotatable bonds is 7. The number of pyridine rings is 1. The maximum atomic E-state index is 12.4. The third-order valence-corrected chi connectivity index (χ3v) is 5.70. The van der Waals surface area contributed by atoms with Gasteiger partial charge >= 0.3 is 0 Å². The van der Waals surface area contributed by atoms with Crippen molar-refractivity contribution in [2.75, 3.05) is 0 Å². The molecule has 0 aliphatic rings. The van der Waals surface area contributed by atoms with Crippen LogP contribution in [0.3, 0.4) is 0 Å². The van der Waals surface area contributed by atoms with Gasteiger partial charge in [0.2, 0.25) is 5.91 Å². The van der Waals surface area contributed by atoms with Gasteiger partial charge < -0.3 is 5.32 Å². The van der Waals surface area contributed by atoms with Crippen molar-refractivity contribution in [3.05, 3.63) is 57.4 Å². The summed E-state index contributed by atoms with van der Waals surface area (Å²) in [5.41, 5.74) is 3.45. The van der Waals surface area contributed by atoms with E-state index in [1.165, 1.54) is 17.4 Å². The Balaban J connectivity index is 1.65. The minimum Gasteiger partial charge on any atom is -0.344 e. The molecular weight excluding hydrogens is 406 g/mol. The second-order valence-electron chi connectivity index (χ2n) is 7.24. The van der Waals surface area contributed by atoms with E-state index in [1.807, 2.05) is 31.4 Å². The average Bonchev–Trinajstić information content (AvgIpc) is 3.27. The molecule has 1 unspecified atom stereocenters. The van der Waals surface area contributed by atoms with Crippen LogP contribution in [0.4, 0.5) is 0 Å². The van der Waals surface area contributed by atoms with E-state index >= 15 is 0 Å². The number of carbonyl (C=O) groups excluding carboxylic acids is 1. The third-order valence-electron chi connectivity index (χ3n) is 4.28. The summed E-state index contributed by atoms with van der Waals surface area (Å²) in [6, 6.07) is 3.63. The van der Waals surface area contributed by atoms with Crippen molar-refractivity contribution < 1.29 is 4.79 Å². The molecule has 152 valence electrons. The van der Waals surface area contributed by atoms with E-state index in [0.29, 0.717) is 11.1 Å². The fourth-order valence-corrected chi connectivity index (χ4v) is 3.99. The highest BCUT2D eigenvalue weighted by atomic mass is 35.5. The van der Waals surface area contributed by atoms with Crippen molar-refractivity contribution in [3.8, 4) is 11.3 Å². The van der Waals surface area contributed by atoms with Crippen LogP contribution in [0.1, 0.15) is 43.1 Å². The smallest absolute Gasteiger partial charge is 0.244 e. The van der Waals surface area contributed by atoms with E-state index in [0.717, 1.165) is 34.1 Å². The fourth-order valence-electron chi connectivity index (χ4n) is 2.85. The summed E-state index contributed by atoms with van der Waals surface area (Å²) in [6.07, 6.45) is 6.68. The highest BCUT2D eigenvalue weighted by Gasteiger charge is 2.15. The van der Waals surface area contributed by atoms with Crippen LogP contribution in [0.15, 0.2) is 36.0 Å². The molecule has 0 saturated carbocycles. The number of thiazole rings is 1. The molecule has 3 aromatic heterocycles. The van der Waals surface area contributed by atoms with Gasteiger partial charge in [0.05, 0.1) is 17.4 Å². The molecule has 1 atom stereocenters. The lowest BCUT2D eigenvalue weighted by atomic mass is 10.2. The molecular formula is C21H24ClN5OS. The van der Waals surface area contributed by atoms with Gasteiger partial charge in [-0.1, -0.05) is 25.4 Å². The minimum absolute atomic E-state index is 0.201. The first-order chi connectivity index (χ1) is 13.8. The number of halogens is 1. The Labute approximate surface area is 179 Å². The first-order valence-electron chi connectivity index (χ1n) is 9.42. The number of amides is 1. The minimum atomic E-state index is -0.203. The highest BCUT2D eigenvalue weighted by Crippen LogP contribution is 2.25. The molecule has 29 heavy (non-hydrogen) atoms. The van der Waals surface area contributed by atoms with Gasteiger partial charge in [0.25, 0.3) is 0 Å². The number of carbonyl (C=O) groups is 1. The number of hydrogen-bond acceptors (Lipinski definition) is 5. The van der Waals surface area contributed by atoms with Crippen molar-refractivity contribution in [1.82, 2.24) is 25.1 Å². The molecule has 6 nitrogen and oxygen atoms in total. The van der Waals surface area contributed by atoms with Crippen LogP contribution in [-0.4, -0.2) is 25.7 Å². The van der Waals surface area contributed by atoms with Crippen LogP contribution in [-0.2, 0) is 11.3 Å². The summed E-state index contributed by atoms with van der Waals surface area (Å²) in [4.78, 5) is 21.0. The molecule has 1 N–H and O–H groups in total. The monoisotopic (exact) mass is 429 g/mol. The van der Waals surface area contributed by atoms with Crippen LogP contribution in [0.5, 0.6) is 0 Å². The summed E-state index contributed by atoms with van der Waals surface area (Å²) in [5, 5.41) is 10.8. The molecule has 0 aliphatic heterocycles. The number of nitrogens with zero attached hydrogens (tertiary/aromatic N) is 4. The maximum Gasteiger partial charge on any atom is 0.244 e. The molecule has 3 heterocycles. The van der Waals surface area contributed by atoms with Crippen molar-refractivity contribution in [3.63, 3.8) is 0 Å². The van der Waals surface area contributed by atoms with Crippen molar-refractivity contribution in [1.29, 1.82) is 0 Å². The van der Waals surface area contributed by atoms with Crippen LogP contribution in [0.25, 0.3) is 17.3 Å². The molecule has 8 heteroatoms. The molecule has 0 bridgehead atoms. The van der Waals surface area contributed by atoms with Gasteiger partial charge in [0, 0.05) is 41.5 Å². The number of hydrogen-bond donors (Lipinski definition) is 1. The second-order valence-corrected chi connectivity index (χ2v) is 8.48. The average molecular weight is 430 g/mol. The van der Waals surface area contributed by atoms with E-state index in [-0.39, 0.29) is 11.9 Å². The zero-order valence-electron chi connectivity index (χ0n) is 16.9. The van der Waals surface area contributed by atoms with Crippen LogP contribution in [0.2, 0.25) is 5.15 Å². The number of nitrogens with one attached hydrogen (secondary N) is 1. The topological polar surface area (TPSA) is 72.7 Å². The summed E-state index contributed by atoms with van der Waals surface area (Å²) in [5.74, 6) is 0.230. The Morgan fingerprint density at radius 3 is 2.72 bits per heavy atom. The zero-order valence-corrected chi connectivity index (χ0v) is 18.5. The van der Waals surface area contributed by atoms with Gasteiger partial charge in [-0.3, -0.25) is 14.5 Å². The lowest BCUT2D eigenvalue weighted by Gasteiger charge is -2.09. The highest BCUT2D eigenvalue weighted by molar-refractivity contribution is 7.10. The molecule has 0 radical (unpaired) electrons. The summed E-state index contributed by atoms with van der Waals surface area (Å²) in [7, 11) is 0. The Morgan fingerprint density at radius 1 is 1.31 bits per heavy atom. The van der Waals surface area contributed by atoms with Gasteiger partial charge in [0.15, 0.2) is 0 Å². The van der Waals surface area contributed by atoms with E-state index in [2.05, 4.69) is 34.2 Å². The number of aryl methyl sites for hydroxylation is 1. The lowest BCUT2D eigenvalue weighted by molar-refractivity contribution is -0.117. The summed E-state index contributed by atoms with van der Waals surface area (Å²) in [6.45, 7) is 8.76. The summed E-state index contributed by atoms with van der Waals surface area (Å²) < 4.78 is 1.78. The maximum absolute atomic E-state index is 12.4. The van der Waals surface area contributed by atoms with E-state index in [9.17, 15) is 4.79 Å². The molecule has 0 fully saturated rings. The van der Waals surface area contributed by atoms with Gasteiger partial charge in [0.1, 0.15) is 10.2 Å². The van der Waals surface area contributed by atoms with Gasteiger partial charge in [-0.2, -0.15) is 5.10 Å². The molecule has 1 amide bonds. The lowest BCUT2D eigenvalue weighted by Crippen LogP contribution is -2.24. The Morgan fingerprint density at radius 2 is 2.03 bits per heavy atom. The first kappa shape index (κ1) is 21.2. The molecule has 0 aliphatic carbocycles. The van der Waals surface area contributed by atoms with Gasteiger partial charge in [-0.15, -0.1) is 11.3 Å². The molecule has 3 rings (SSSR count). The van der Waals surface area contributed by atoms with Crippen molar-refractivity contribution in [2.45, 2.75) is 40.3 Å². The Bertz CT molecular complexity index is 1010. The molecule has 0 saturated heterocycles. The molecule has 3 aromatic rings. The van der Waals surface area contributed by atoms with Gasteiger partial charge in [-0.25, -0.2) is 4.98 Å². The zero-order chi connectivity index (χ0) is 21.0. The van der Waals surface area contributed by atoms with Crippen molar-refractivity contribution in [2.24, 2.45) is 5.92 Å². The standard InChI is InChI=1S/C21H24ClN5OS/c1-13(2)11-27-20(22)17(14(3)26-27)5-6-19(28)24-15(4)21-25-18(12-29-21)16-7-9-23-10-8-16/h5-10,12-13,15H,11H2,1-4H3,(H,24,28). The number of aromatic nitrogens is 4. The Hall–Kier alpha value is -2.51. The first-order valence-corrected chi connectivity index (χ1v) is 10.7. The van der Waals surface area contributed by atoms with Crippen molar-refractivity contribution >= 4 is 34.9 Å². The molecule has 0 spiro atoms. The van der Waals surface area contributed by atoms with Gasteiger partial charge in [-0.05, 0) is 38.0 Å². The summed E-state index contributed by atoms with van der Waals surface area (Å²) >= 11 is 7.94. The van der Waals surface area contributed by atoms with Crippen LogP contribution in [0, 0.1) is 12.8 Å². The van der Waals surface area contributed by atoms with E-state index < -0.39 is 0 Å². The largest absolute Gasteiger partial charge is 0.344 e. The predicted octanol–water partition coefficient (Wildman–Crippen LogP) is 4.91. The Kier molecular flexibility index (Phi) is 6.82. The predicted molar refractivity (Wildman–Crippen MR) is 118 cm³/mol. The molecule has 0 aromatic carbocycles. The quantitative estimate of drug-likeness (QED) is 0.541. The SMILES string of the molecule is Cc1nn(CC(C)C)c(Cl)c1C=CC(=O)NC(C)c1nc(-c2ccncc2)cs1. The third kappa shape index (κ3) is 5.31. The fraction of sp³-hybridized carbons (Fsp3) is 0.333. The van der Waals surface area contributed by atoms with Crippen LogP contribution < -0.4 is 5.32 Å². The normalized spacial score (nSPS) is 12.6. The van der Waals surface area contributed by atoms with E-state index in [1.54, 1.807) is 23.2 Å². The van der Waals surface area contributed by atoms with Crippen LogP contribution >= 0.6 is 22.9 Å². The second kappa shape index (κ2) is 9.33.